The number of benzene rings is 1. The van der Waals surface area contributed by atoms with E-state index in [1.165, 1.54) is 12.3 Å². The van der Waals surface area contributed by atoms with Crippen molar-refractivity contribution >= 4 is 28.0 Å². The molecule has 2 rings (SSSR count). The fraction of sp³-hybridized carbons (Fsp3) is 0.250. The second-order valence-corrected chi connectivity index (χ2v) is 5.98. The van der Waals surface area contributed by atoms with E-state index in [0.717, 1.165) is 10.7 Å². The number of hydrazone groups is 1. The highest BCUT2D eigenvalue weighted by Crippen LogP contribution is 2.20. The third kappa shape index (κ3) is 5.57. The number of hydrogen-bond donors (Lipinski definition) is 3. The number of phenols is 1. The number of phenolic OH excluding ortho intramolecular Hbond substituents is 1. The Bertz CT molecular complexity index is 714. The number of aliphatic imine (C=N–C) groups is 1. The summed E-state index contributed by atoms with van der Waals surface area (Å²) in [5.74, 6) is -0.375. The number of nitrogens with zero attached hydrogens (tertiary/aromatic N) is 3. The van der Waals surface area contributed by atoms with E-state index < -0.39 is 5.83 Å². The molecule has 1 saturated heterocycles. The summed E-state index contributed by atoms with van der Waals surface area (Å²) < 4.78 is 20.0. The number of morpholine rings is 1. The van der Waals surface area contributed by atoms with E-state index in [2.05, 4.69) is 38.0 Å². The zero-order chi connectivity index (χ0) is 18.2. The van der Waals surface area contributed by atoms with Gasteiger partial charge in [0.1, 0.15) is 11.6 Å². The number of aromatic hydroxyl groups is 1. The summed E-state index contributed by atoms with van der Waals surface area (Å²) in [5, 5.41) is 13.7. The van der Waals surface area contributed by atoms with Crippen molar-refractivity contribution in [3.63, 3.8) is 0 Å². The van der Waals surface area contributed by atoms with E-state index in [1.807, 2.05) is 0 Å². The van der Waals surface area contributed by atoms with Gasteiger partial charge in [0, 0.05) is 29.3 Å². The second kappa shape index (κ2) is 9.19. The minimum absolute atomic E-state index is 0.0730. The van der Waals surface area contributed by atoms with Crippen LogP contribution >= 0.6 is 15.9 Å². The largest absolute Gasteiger partial charge is 0.507 e. The molecule has 0 atom stereocenters. The predicted molar refractivity (Wildman–Crippen MR) is 98.9 cm³/mol. The maximum absolute atomic E-state index is 14.0. The third-order valence-corrected chi connectivity index (χ3v) is 3.79. The summed E-state index contributed by atoms with van der Waals surface area (Å²) in [6.45, 7) is 5.67. The number of halogens is 2. The van der Waals surface area contributed by atoms with Gasteiger partial charge in [-0.3, -0.25) is 5.43 Å². The lowest BCUT2D eigenvalue weighted by molar-refractivity contribution is 0.0676. The molecule has 0 unspecified atom stereocenters. The van der Waals surface area contributed by atoms with Crippen LogP contribution in [0.3, 0.4) is 0 Å². The van der Waals surface area contributed by atoms with Gasteiger partial charge in [0.25, 0.3) is 0 Å². The van der Waals surface area contributed by atoms with Gasteiger partial charge in [0.05, 0.1) is 19.4 Å². The fourth-order valence-corrected chi connectivity index (χ4v) is 2.46. The Hall–Kier alpha value is -2.39. The second-order valence-electron chi connectivity index (χ2n) is 5.07. The van der Waals surface area contributed by atoms with Gasteiger partial charge in [-0.2, -0.15) is 5.10 Å². The van der Waals surface area contributed by atoms with Crippen LogP contribution in [0, 0.1) is 0 Å². The van der Waals surface area contributed by atoms with Crippen molar-refractivity contribution in [2.45, 2.75) is 0 Å². The van der Waals surface area contributed by atoms with Gasteiger partial charge < -0.3 is 20.5 Å². The molecule has 0 radical (unpaired) electrons. The van der Waals surface area contributed by atoms with Crippen LogP contribution in [0.15, 0.2) is 57.2 Å². The molecular weight excluding hydrogens is 393 g/mol. The molecule has 9 heteroatoms. The van der Waals surface area contributed by atoms with Crippen LogP contribution in [-0.2, 0) is 4.74 Å². The molecule has 25 heavy (non-hydrogen) atoms. The lowest BCUT2D eigenvalue weighted by Gasteiger charge is -2.29. The van der Waals surface area contributed by atoms with Crippen molar-refractivity contribution in [1.29, 1.82) is 0 Å². The maximum atomic E-state index is 14.0. The van der Waals surface area contributed by atoms with Crippen molar-refractivity contribution in [2.24, 2.45) is 15.8 Å². The summed E-state index contributed by atoms with van der Waals surface area (Å²) in [6, 6.07) is 4.94. The van der Waals surface area contributed by atoms with Crippen molar-refractivity contribution in [1.82, 2.24) is 10.3 Å². The first-order chi connectivity index (χ1) is 12.0. The molecule has 0 spiro atoms. The molecular formula is C16H19BrFN5O2. The number of ether oxygens (including phenoxy) is 1. The van der Waals surface area contributed by atoms with Crippen molar-refractivity contribution in [3.05, 3.63) is 52.7 Å². The van der Waals surface area contributed by atoms with E-state index >= 15 is 0 Å². The Morgan fingerprint density at radius 3 is 2.84 bits per heavy atom. The molecule has 0 bridgehead atoms. The first kappa shape index (κ1) is 18.9. The minimum Gasteiger partial charge on any atom is -0.507 e. The number of nitrogens with one attached hydrogen (secondary N) is 1. The Morgan fingerprint density at radius 1 is 1.44 bits per heavy atom. The molecule has 4 N–H and O–H groups in total. The van der Waals surface area contributed by atoms with E-state index in [-0.39, 0.29) is 17.4 Å². The van der Waals surface area contributed by atoms with Crippen LogP contribution in [0.4, 0.5) is 4.39 Å². The summed E-state index contributed by atoms with van der Waals surface area (Å²) >= 11 is 3.31. The highest BCUT2D eigenvalue weighted by molar-refractivity contribution is 9.10. The van der Waals surface area contributed by atoms with E-state index in [1.54, 1.807) is 17.0 Å². The molecule has 1 fully saturated rings. The molecule has 134 valence electrons. The first-order valence-corrected chi connectivity index (χ1v) is 8.26. The van der Waals surface area contributed by atoms with Gasteiger partial charge >= 0.3 is 0 Å². The number of hydrogen-bond acceptors (Lipinski definition) is 6. The molecule has 1 heterocycles. The average Bonchev–Trinajstić information content (AvgIpc) is 2.62. The molecule has 1 aliphatic rings. The van der Waals surface area contributed by atoms with Crippen LogP contribution in [0.25, 0.3) is 0 Å². The van der Waals surface area contributed by atoms with Crippen molar-refractivity contribution in [2.75, 3.05) is 26.3 Å². The monoisotopic (exact) mass is 411 g/mol. The SMILES string of the molecule is C=C(N=C(/C(F)=C\N)N1CCOCC1)N/N=C/c1cc(Br)ccc1O. The fourth-order valence-electron chi connectivity index (χ4n) is 2.08. The molecule has 0 amide bonds. The Balaban J connectivity index is 2.07. The van der Waals surface area contributed by atoms with E-state index in [0.29, 0.717) is 31.9 Å². The highest BCUT2D eigenvalue weighted by Gasteiger charge is 2.19. The average molecular weight is 412 g/mol. The Kier molecular flexibility index (Phi) is 6.96. The first-order valence-electron chi connectivity index (χ1n) is 7.47. The zero-order valence-corrected chi connectivity index (χ0v) is 15.0. The van der Waals surface area contributed by atoms with Crippen molar-refractivity contribution in [3.8, 4) is 5.75 Å². The van der Waals surface area contributed by atoms with Crippen LogP contribution in [0.1, 0.15) is 5.56 Å². The lowest BCUT2D eigenvalue weighted by atomic mass is 10.2. The number of amidine groups is 1. The van der Waals surface area contributed by atoms with Crippen LogP contribution in [0.5, 0.6) is 5.75 Å². The third-order valence-electron chi connectivity index (χ3n) is 3.30. The smallest absolute Gasteiger partial charge is 0.181 e. The van der Waals surface area contributed by atoms with Gasteiger partial charge in [0.2, 0.25) is 0 Å². The maximum Gasteiger partial charge on any atom is 0.181 e. The predicted octanol–water partition coefficient (Wildman–Crippen LogP) is 2.05. The summed E-state index contributed by atoms with van der Waals surface area (Å²) in [7, 11) is 0. The minimum atomic E-state index is -0.654. The van der Waals surface area contributed by atoms with Gasteiger partial charge in [-0.25, -0.2) is 9.38 Å². The topological polar surface area (TPSA) is 95.5 Å². The molecule has 0 saturated carbocycles. The van der Waals surface area contributed by atoms with Crippen LogP contribution < -0.4 is 11.2 Å². The zero-order valence-electron chi connectivity index (χ0n) is 13.5. The molecule has 0 aromatic heterocycles. The van der Waals surface area contributed by atoms with Crippen LogP contribution in [0.2, 0.25) is 0 Å². The normalized spacial score (nSPS) is 16.3. The quantitative estimate of drug-likeness (QED) is 0.391. The highest BCUT2D eigenvalue weighted by atomic mass is 79.9. The summed E-state index contributed by atoms with van der Waals surface area (Å²) in [5.41, 5.74) is 8.37. The van der Waals surface area contributed by atoms with Gasteiger partial charge in [0.15, 0.2) is 11.7 Å². The van der Waals surface area contributed by atoms with Gasteiger partial charge in [-0.15, -0.1) is 0 Å². The van der Waals surface area contributed by atoms with E-state index in [4.69, 9.17) is 10.5 Å². The number of rotatable bonds is 5. The van der Waals surface area contributed by atoms with Crippen molar-refractivity contribution < 1.29 is 14.2 Å². The summed E-state index contributed by atoms with van der Waals surface area (Å²) in [6.07, 6.45) is 2.26. The Morgan fingerprint density at radius 2 is 2.16 bits per heavy atom. The molecule has 1 aromatic carbocycles. The molecule has 1 aliphatic heterocycles. The van der Waals surface area contributed by atoms with Gasteiger partial charge in [-0.05, 0) is 18.2 Å². The lowest BCUT2D eigenvalue weighted by Crippen LogP contribution is -2.41. The van der Waals surface area contributed by atoms with Gasteiger partial charge in [-0.1, -0.05) is 22.5 Å². The number of nitrogens with two attached hydrogens (primary N) is 1. The molecule has 0 aliphatic carbocycles. The standard InChI is InChI=1S/C16H19BrFN5O2/c1-11(22-20-10-12-8-13(17)2-3-15(12)24)21-16(14(18)9-19)23-4-6-25-7-5-23/h2-3,8-10,22,24H,1,4-7,19H2/b14-9+,20-10+,21-16?. The summed E-state index contributed by atoms with van der Waals surface area (Å²) in [4.78, 5) is 5.84. The Labute approximate surface area is 153 Å². The van der Waals surface area contributed by atoms with E-state index in [9.17, 15) is 9.50 Å². The van der Waals surface area contributed by atoms with Crippen LogP contribution in [-0.4, -0.2) is 48.4 Å². The molecule has 1 aromatic rings. The molecule has 7 nitrogen and oxygen atoms in total.